The van der Waals surface area contributed by atoms with Crippen LogP contribution in [0.1, 0.15) is 41.4 Å². The number of methoxy groups -OCH3 is 1. The molecule has 1 aromatic rings. The van der Waals surface area contributed by atoms with Gasteiger partial charge in [-0.25, -0.2) is 0 Å². The minimum Gasteiger partial charge on any atom is -0.383 e. The number of thiocarbonyl (C=S) groups is 1. The molecule has 0 saturated carbocycles. The van der Waals surface area contributed by atoms with Crippen LogP contribution in [0.15, 0.2) is 18.5 Å². The number of ether oxygens (including phenoxy) is 1. The van der Waals surface area contributed by atoms with Crippen LogP contribution in [0.5, 0.6) is 0 Å². The third-order valence-corrected chi connectivity index (χ3v) is 6.45. The number of fused-ring (bicyclic) bond motifs is 1. The Morgan fingerprint density at radius 2 is 2.15 bits per heavy atom. The molecule has 8 heteroatoms. The lowest BCUT2D eigenvalue weighted by Crippen LogP contribution is -2.44. The normalized spacial score (nSPS) is 17.0. The lowest BCUT2D eigenvalue weighted by Gasteiger charge is -2.38. The number of hydrogen-bond donors (Lipinski definition) is 1. The molecular weight excluding hydrogens is 380 g/mol. The summed E-state index contributed by atoms with van der Waals surface area (Å²) in [4.78, 5) is 20.4. The van der Waals surface area contributed by atoms with Crippen LogP contribution in [0, 0.1) is 0 Å². The smallest absolute Gasteiger partial charge is 0.262 e. The van der Waals surface area contributed by atoms with Crippen molar-refractivity contribution in [2.45, 2.75) is 32.7 Å². The first-order valence-corrected chi connectivity index (χ1v) is 10.7. The molecule has 3 heterocycles. The molecule has 0 atom stereocenters. The average Bonchev–Trinajstić information content (AvgIpc) is 3.25. The number of nitrogens with one attached hydrogen (secondary N) is 1. The van der Waals surface area contributed by atoms with E-state index < -0.39 is 0 Å². The van der Waals surface area contributed by atoms with E-state index in [1.807, 2.05) is 11.0 Å². The van der Waals surface area contributed by atoms with E-state index in [2.05, 4.69) is 28.6 Å². The van der Waals surface area contributed by atoms with E-state index in [9.17, 15) is 4.79 Å². The number of rotatable bonds is 9. The maximum absolute atomic E-state index is 13.1. The minimum atomic E-state index is 0.0596. The lowest BCUT2D eigenvalue weighted by atomic mass is 10.1. The Kier molecular flexibility index (Phi) is 6.73. The zero-order valence-corrected chi connectivity index (χ0v) is 17.8. The van der Waals surface area contributed by atoms with Gasteiger partial charge in [0.15, 0.2) is 5.11 Å². The van der Waals surface area contributed by atoms with Gasteiger partial charge in [-0.2, -0.15) is 0 Å². The van der Waals surface area contributed by atoms with Gasteiger partial charge in [-0.3, -0.25) is 9.69 Å². The molecule has 27 heavy (non-hydrogen) atoms. The van der Waals surface area contributed by atoms with E-state index in [-0.39, 0.29) is 5.91 Å². The Bertz CT molecular complexity index is 719. The van der Waals surface area contributed by atoms with Crippen LogP contribution in [0.2, 0.25) is 0 Å². The Morgan fingerprint density at radius 1 is 1.33 bits per heavy atom. The second kappa shape index (κ2) is 9.03. The summed E-state index contributed by atoms with van der Waals surface area (Å²) in [5.41, 5.74) is 0.771. The molecule has 1 fully saturated rings. The number of amides is 1. The number of hydrogen-bond acceptors (Lipinski definition) is 5. The largest absolute Gasteiger partial charge is 0.383 e. The summed E-state index contributed by atoms with van der Waals surface area (Å²) in [5, 5.41) is 4.95. The van der Waals surface area contributed by atoms with Gasteiger partial charge in [0.1, 0.15) is 10.8 Å². The summed E-state index contributed by atoms with van der Waals surface area (Å²) in [6.45, 7) is 10.9. The molecule has 0 aromatic carbocycles. The van der Waals surface area contributed by atoms with Crippen LogP contribution >= 0.6 is 23.6 Å². The van der Waals surface area contributed by atoms with Crippen molar-refractivity contribution in [1.29, 1.82) is 0 Å². The second-order valence-electron chi connectivity index (χ2n) is 6.81. The molecule has 1 aromatic heterocycles. The van der Waals surface area contributed by atoms with E-state index in [1.165, 1.54) is 0 Å². The van der Waals surface area contributed by atoms with Gasteiger partial charge in [0, 0.05) is 38.2 Å². The first-order chi connectivity index (χ1) is 13.1. The number of carbonyl (C=O) groups is 1. The summed E-state index contributed by atoms with van der Waals surface area (Å²) in [7, 11) is 1.69. The lowest BCUT2D eigenvalue weighted by molar-refractivity contribution is 0.0789. The highest BCUT2D eigenvalue weighted by Gasteiger charge is 2.34. The van der Waals surface area contributed by atoms with Gasteiger partial charge in [-0.05, 0) is 24.7 Å². The Morgan fingerprint density at radius 3 is 2.81 bits per heavy atom. The molecule has 1 amide bonds. The molecule has 6 nitrogen and oxygen atoms in total. The van der Waals surface area contributed by atoms with Crippen LogP contribution in [0.3, 0.4) is 0 Å². The van der Waals surface area contributed by atoms with Gasteiger partial charge >= 0.3 is 0 Å². The fourth-order valence-electron chi connectivity index (χ4n) is 3.40. The van der Waals surface area contributed by atoms with Crippen LogP contribution < -0.4 is 10.2 Å². The van der Waals surface area contributed by atoms with Crippen molar-refractivity contribution in [2.24, 2.45) is 0 Å². The molecule has 2 aliphatic rings. The average molecular weight is 409 g/mol. The van der Waals surface area contributed by atoms with Crippen molar-refractivity contribution in [3.8, 4) is 0 Å². The topological polar surface area (TPSA) is 48.1 Å². The standard InChI is InChI=1S/C19H28N4O2S2/c1-4-5-6-8-22-14(2)23(10-11-25-3)18-16(17(22)24)12-15(27-18)13-21-9-7-20-19(21)26/h12H,2,4-11,13H2,1,3H3,(H,20,26). The van der Waals surface area contributed by atoms with Gasteiger partial charge in [-0.15, -0.1) is 11.3 Å². The first kappa shape index (κ1) is 20.1. The van der Waals surface area contributed by atoms with Crippen LogP contribution in [0.25, 0.3) is 0 Å². The Balaban J connectivity index is 1.85. The van der Waals surface area contributed by atoms with E-state index >= 15 is 0 Å². The molecular formula is C19H28N4O2S2. The highest BCUT2D eigenvalue weighted by atomic mass is 32.1. The van der Waals surface area contributed by atoms with Crippen LogP contribution in [0.4, 0.5) is 5.00 Å². The number of anilines is 1. The van der Waals surface area contributed by atoms with Crippen molar-refractivity contribution >= 4 is 39.6 Å². The van der Waals surface area contributed by atoms with Gasteiger partial charge in [0.2, 0.25) is 0 Å². The summed E-state index contributed by atoms with van der Waals surface area (Å²) < 4.78 is 5.28. The maximum Gasteiger partial charge on any atom is 0.262 e. The van der Waals surface area contributed by atoms with Crippen LogP contribution in [-0.2, 0) is 11.3 Å². The Hall–Kier alpha value is -1.64. The molecule has 1 N–H and O–H groups in total. The summed E-state index contributed by atoms with van der Waals surface area (Å²) >= 11 is 7.01. The van der Waals surface area contributed by atoms with Crippen molar-refractivity contribution in [3.05, 3.63) is 28.9 Å². The van der Waals surface area contributed by atoms with Crippen molar-refractivity contribution in [2.75, 3.05) is 44.8 Å². The molecule has 0 bridgehead atoms. The van der Waals surface area contributed by atoms with Gasteiger partial charge in [0.25, 0.3) is 5.91 Å². The van der Waals surface area contributed by atoms with E-state index in [0.717, 1.165) is 65.3 Å². The molecule has 148 valence electrons. The highest BCUT2D eigenvalue weighted by Crippen LogP contribution is 2.40. The summed E-state index contributed by atoms with van der Waals surface area (Å²) in [5.74, 6) is 0.816. The van der Waals surface area contributed by atoms with E-state index in [1.54, 1.807) is 18.4 Å². The van der Waals surface area contributed by atoms with E-state index in [0.29, 0.717) is 19.7 Å². The fourth-order valence-corrected chi connectivity index (χ4v) is 4.87. The fraction of sp³-hybridized carbons (Fsp3) is 0.579. The number of nitrogens with zero attached hydrogens (tertiary/aromatic N) is 3. The SMILES string of the molecule is C=C1N(CCCCC)C(=O)c2cc(CN3CCNC3=S)sc2N1CCOC. The molecule has 2 aliphatic heterocycles. The number of carbonyl (C=O) groups excluding carboxylic acids is 1. The molecule has 1 saturated heterocycles. The summed E-state index contributed by atoms with van der Waals surface area (Å²) in [6.07, 6.45) is 3.22. The predicted molar refractivity (Wildman–Crippen MR) is 114 cm³/mol. The highest BCUT2D eigenvalue weighted by molar-refractivity contribution is 7.80. The Labute approximate surface area is 170 Å². The minimum absolute atomic E-state index is 0.0596. The second-order valence-corrected chi connectivity index (χ2v) is 8.31. The first-order valence-electron chi connectivity index (χ1n) is 9.49. The zero-order chi connectivity index (χ0) is 19.4. The van der Waals surface area contributed by atoms with E-state index in [4.69, 9.17) is 17.0 Å². The third kappa shape index (κ3) is 4.28. The molecule has 0 aliphatic carbocycles. The molecule has 0 spiro atoms. The molecule has 0 radical (unpaired) electrons. The van der Waals surface area contributed by atoms with Gasteiger partial charge < -0.3 is 19.9 Å². The van der Waals surface area contributed by atoms with Crippen molar-refractivity contribution in [1.82, 2.24) is 15.1 Å². The van der Waals surface area contributed by atoms with Crippen molar-refractivity contribution < 1.29 is 9.53 Å². The van der Waals surface area contributed by atoms with Crippen molar-refractivity contribution in [3.63, 3.8) is 0 Å². The molecule has 3 rings (SSSR count). The monoisotopic (exact) mass is 408 g/mol. The van der Waals surface area contributed by atoms with Gasteiger partial charge in [0.05, 0.1) is 18.7 Å². The molecule has 0 unspecified atom stereocenters. The zero-order valence-electron chi connectivity index (χ0n) is 16.1. The predicted octanol–water partition coefficient (Wildman–Crippen LogP) is 3.01. The van der Waals surface area contributed by atoms with Gasteiger partial charge in [-0.1, -0.05) is 26.3 Å². The number of unbranched alkanes of at least 4 members (excludes halogenated alkanes) is 2. The number of thiophene rings is 1. The summed E-state index contributed by atoms with van der Waals surface area (Å²) in [6, 6.07) is 2.03. The maximum atomic E-state index is 13.1. The third-order valence-electron chi connectivity index (χ3n) is 4.90. The van der Waals surface area contributed by atoms with Crippen LogP contribution in [-0.4, -0.2) is 60.7 Å². The quantitative estimate of drug-likeness (QED) is 0.501.